The van der Waals surface area contributed by atoms with Crippen molar-refractivity contribution in [3.05, 3.63) is 73.6 Å². The van der Waals surface area contributed by atoms with Crippen LogP contribution in [0, 0.1) is 33.5 Å². The van der Waals surface area contributed by atoms with Crippen LogP contribution in [-0.2, 0) is 14.3 Å². The molecule has 1 aliphatic rings. The SMILES string of the molecule is CCOC(=O)c1c(-n2c(C)cc(/C=C3\C(=O)NC(=S)N(c4ccc(F)c(Cl)c4)C3=O)c2C)sc(C)c1C. The lowest BCUT2D eigenvalue weighted by atomic mass is 10.1. The van der Waals surface area contributed by atoms with Gasteiger partial charge in [0.25, 0.3) is 11.8 Å². The molecular weight excluding hydrogens is 537 g/mol. The highest BCUT2D eigenvalue weighted by molar-refractivity contribution is 7.80. The Morgan fingerprint density at radius 1 is 1.22 bits per heavy atom. The molecule has 0 atom stereocenters. The molecule has 2 aromatic heterocycles. The topological polar surface area (TPSA) is 80.6 Å². The summed E-state index contributed by atoms with van der Waals surface area (Å²) in [5.74, 6) is -2.37. The van der Waals surface area contributed by atoms with E-state index in [0.717, 1.165) is 32.8 Å². The maximum Gasteiger partial charge on any atom is 0.341 e. The number of thiophene rings is 1. The summed E-state index contributed by atoms with van der Waals surface area (Å²) >= 11 is 12.6. The van der Waals surface area contributed by atoms with Crippen LogP contribution >= 0.6 is 35.2 Å². The molecule has 1 saturated heterocycles. The second kappa shape index (κ2) is 10.2. The van der Waals surface area contributed by atoms with Gasteiger partial charge in [-0.15, -0.1) is 11.3 Å². The van der Waals surface area contributed by atoms with Gasteiger partial charge in [-0.1, -0.05) is 11.6 Å². The molecule has 0 bridgehead atoms. The molecule has 2 amide bonds. The minimum absolute atomic E-state index is 0.135. The van der Waals surface area contributed by atoms with E-state index in [9.17, 15) is 18.8 Å². The van der Waals surface area contributed by atoms with Gasteiger partial charge >= 0.3 is 5.97 Å². The molecule has 4 rings (SSSR count). The second-order valence-electron chi connectivity index (χ2n) is 8.40. The number of hydrogen-bond donors (Lipinski definition) is 1. The van der Waals surface area contributed by atoms with Crippen molar-refractivity contribution in [2.24, 2.45) is 0 Å². The minimum Gasteiger partial charge on any atom is -0.462 e. The third-order valence-corrected chi connectivity index (χ3v) is 7.85. The van der Waals surface area contributed by atoms with Crippen LogP contribution < -0.4 is 10.2 Å². The van der Waals surface area contributed by atoms with Gasteiger partial charge in [-0.05, 0) is 88.3 Å². The number of carbonyl (C=O) groups is 3. The fraction of sp³-hybridized carbons (Fsp3) is 0.231. The van der Waals surface area contributed by atoms with Crippen molar-refractivity contribution in [3.63, 3.8) is 0 Å². The van der Waals surface area contributed by atoms with E-state index in [4.69, 9.17) is 28.6 Å². The maximum atomic E-state index is 13.7. The predicted octanol–water partition coefficient (Wildman–Crippen LogP) is 5.57. The first-order valence-corrected chi connectivity index (χ1v) is 12.9. The number of benzene rings is 1. The summed E-state index contributed by atoms with van der Waals surface area (Å²) < 4.78 is 20.9. The normalized spacial score (nSPS) is 14.9. The molecule has 192 valence electrons. The summed E-state index contributed by atoms with van der Waals surface area (Å²) in [6.45, 7) is 9.54. The number of aryl methyl sites for hydroxylation is 2. The van der Waals surface area contributed by atoms with Crippen molar-refractivity contribution >= 4 is 69.8 Å². The molecule has 1 fully saturated rings. The monoisotopic (exact) mass is 559 g/mol. The van der Waals surface area contributed by atoms with Crippen LogP contribution in [0.5, 0.6) is 0 Å². The number of anilines is 1. The number of halogens is 2. The number of rotatable bonds is 5. The standard InChI is InChI=1S/C26H23ClFN3O4S2/c1-6-35-25(34)21-13(3)15(5)37-24(21)30-12(2)9-16(14(30)4)10-18-22(32)29-26(36)31(23(18)33)17-7-8-20(28)19(27)11-17/h7-11H,6H2,1-5H3,(H,29,32,36)/b18-10+. The summed E-state index contributed by atoms with van der Waals surface area (Å²) in [6.07, 6.45) is 1.48. The Morgan fingerprint density at radius 2 is 1.92 bits per heavy atom. The lowest BCUT2D eigenvalue weighted by Crippen LogP contribution is -2.54. The largest absolute Gasteiger partial charge is 0.462 e. The van der Waals surface area contributed by atoms with Crippen molar-refractivity contribution in [3.8, 4) is 5.00 Å². The Kier molecular flexibility index (Phi) is 7.36. The average Bonchev–Trinajstić information content (AvgIpc) is 3.27. The number of nitrogens with zero attached hydrogens (tertiary/aromatic N) is 2. The first-order valence-electron chi connectivity index (χ1n) is 11.3. The quantitative estimate of drug-likeness (QED) is 0.191. The van der Waals surface area contributed by atoms with E-state index in [1.807, 2.05) is 38.3 Å². The number of aromatic nitrogens is 1. The highest BCUT2D eigenvalue weighted by Crippen LogP contribution is 2.35. The molecule has 1 aliphatic heterocycles. The fourth-order valence-electron chi connectivity index (χ4n) is 4.13. The Bertz CT molecular complexity index is 1520. The number of amides is 2. The summed E-state index contributed by atoms with van der Waals surface area (Å²) in [5.41, 5.74) is 3.54. The van der Waals surface area contributed by atoms with Crippen LogP contribution in [0.2, 0.25) is 5.02 Å². The van der Waals surface area contributed by atoms with Gasteiger partial charge < -0.3 is 9.30 Å². The molecular formula is C26H23ClFN3O4S2. The van der Waals surface area contributed by atoms with E-state index in [0.29, 0.717) is 16.1 Å². The third kappa shape index (κ3) is 4.72. The van der Waals surface area contributed by atoms with Gasteiger partial charge in [0.15, 0.2) is 5.11 Å². The predicted molar refractivity (Wildman–Crippen MR) is 146 cm³/mol. The smallest absolute Gasteiger partial charge is 0.341 e. The zero-order valence-electron chi connectivity index (χ0n) is 20.7. The maximum absolute atomic E-state index is 13.7. The Morgan fingerprint density at radius 3 is 2.57 bits per heavy atom. The summed E-state index contributed by atoms with van der Waals surface area (Å²) in [4.78, 5) is 41.0. The van der Waals surface area contributed by atoms with Gasteiger partial charge in [0.05, 0.1) is 22.9 Å². The third-order valence-electron chi connectivity index (χ3n) is 6.08. The first-order chi connectivity index (χ1) is 17.5. The van der Waals surface area contributed by atoms with E-state index in [-0.39, 0.29) is 28.0 Å². The van der Waals surface area contributed by atoms with E-state index in [2.05, 4.69) is 5.32 Å². The van der Waals surface area contributed by atoms with E-state index in [1.165, 1.54) is 29.5 Å². The van der Waals surface area contributed by atoms with Gasteiger partial charge in [-0.3, -0.25) is 19.8 Å². The first kappa shape index (κ1) is 26.7. The van der Waals surface area contributed by atoms with Gasteiger partial charge in [-0.2, -0.15) is 0 Å². The molecule has 0 saturated carbocycles. The van der Waals surface area contributed by atoms with Crippen molar-refractivity contribution in [2.75, 3.05) is 11.5 Å². The molecule has 3 aromatic rings. The van der Waals surface area contributed by atoms with Crippen molar-refractivity contribution in [1.29, 1.82) is 0 Å². The highest BCUT2D eigenvalue weighted by Gasteiger charge is 2.35. The van der Waals surface area contributed by atoms with E-state index < -0.39 is 23.6 Å². The van der Waals surface area contributed by atoms with Gasteiger partial charge in [-0.25, -0.2) is 9.18 Å². The fourth-order valence-corrected chi connectivity index (χ4v) is 5.84. The zero-order valence-corrected chi connectivity index (χ0v) is 23.1. The van der Waals surface area contributed by atoms with Gasteiger partial charge in [0.1, 0.15) is 16.4 Å². The van der Waals surface area contributed by atoms with E-state index >= 15 is 0 Å². The highest BCUT2D eigenvalue weighted by atomic mass is 35.5. The Hall–Kier alpha value is -3.34. The molecule has 0 aliphatic carbocycles. The Balaban J connectivity index is 1.80. The van der Waals surface area contributed by atoms with Crippen molar-refractivity contribution < 1.29 is 23.5 Å². The number of nitrogens with one attached hydrogen (secondary N) is 1. The van der Waals surface area contributed by atoms with E-state index in [1.54, 1.807) is 6.92 Å². The van der Waals surface area contributed by atoms with Crippen LogP contribution in [-0.4, -0.2) is 34.1 Å². The van der Waals surface area contributed by atoms with Gasteiger partial charge in [0.2, 0.25) is 0 Å². The van der Waals surface area contributed by atoms with Crippen LogP contribution in [0.1, 0.15) is 44.7 Å². The van der Waals surface area contributed by atoms with Crippen molar-refractivity contribution in [1.82, 2.24) is 9.88 Å². The molecule has 1 N–H and O–H groups in total. The molecule has 0 unspecified atom stereocenters. The average molecular weight is 560 g/mol. The lowest BCUT2D eigenvalue weighted by molar-refractivity contribution is -0.122. The summed E-state index contributed by atoms with van der Waals surface area (Å²) in [7, 11) is 0. The lowest BCUT2D eigenvalue weighted by Gasteiger charge is -2.29. The molecule has 37 heavy (non-hydrogen) atoms. The molecule has 11 heteroatoms. The second-order valence-corrected chi connectivity index (χ2v) is 10.4. The van der Waals surface area contributed by atoms with Crippen LogP contribution in [0.4, 0.5) is 10.1 Å². The number of carbonyl (C=O) groups excluding carboxylic acids is 3. The minimum atomic E-state index is -0.670. The van der Waals surface area contributed by atoms with Crippen LogP contribution in [0.3, 0.4) is 0 Å². The molecule has 0 spiro atoms. The Labute approximate surface area is 227 Å². The number of hydrogen-bond acceptors (Lipinski definition) is 6. The number of thiocarbonyl (C=S) groups is 1. The molecule has 1 aromatic carbocycles. The molecule has 3 heterocycles. The molecule has 7 nitrogen and oxygen atoms in total. The molecule has 0 radical (unpaired) electrons. The van der Waals surface area contributed by atoms with Crippen molar-refractivity contribution in [2.45, 2.75) is 34.6 Å². The summed E-state index contributed by atoms with van der Waals surface area (Å²) in [6, 6.07) is 5.56. The number of esters is 1. The van der Waals surface area contributed by atoms with Crippen LogP contribution in [0.25, 0.3) is 11.1 Å². The number of ether oxygens (including phenoxy) is 1. The zero-order chi connectivity index (χ0) is 27.2. The summed E-state index contributed by atoms with van der Waals surface area (Å²) in [5, 5.41) is 2.90. The van der Waals surface area contributed by atoms with Crippen LogP contribution in [0.15, 0.2) is 29.8 Å². The van der Waals surface area contributed by atoms with Gasteiger partial charge in [0, 0.05) is 16.3 Å².